The minimum atomic E-state index is -0.959. The minimum Gasteiger partial charge on any atom is -0.478 e. The number of hydrogen-bond donors (Lipinski definition) is 1. The highest BCUT2D eigenvalue weighted by atomic mass is 16.4. The fraction of sp³-hybridized carbons (Fsp3) is 0.300. The Morgan fingerprint density at radius 1 is 1.08 bits per heavy atom. The summed E-state index contributed by atoms with van der Waals surface area (Å²) >= 11 is 0. The first kappa shape index (κ1) is 17.7. The van der Waals surface area contributed by atoms with Crippen molar-refractivity contribution in [2.24, 2.45) is 0 Å². The highest BCUT2D eigenvalue weighted by Gasteiger charge is 2.19. The third-order valence-electron chi connectivity index (χ3n) is 4.47. The smallest absolute Gasteiger partial charge is 0.335 e. The van der Waals surface area contributed by atoms with Crippen molar-refractivity contribution in [2.75, 3.05) is 7.05 Å². The maximum Gasteiger partial charge on any atom is 0.335 e. The molecule has 1 unspecified atom stereocenters. The number of nitrogens with zero attached hydrogens (tertiary/aromatic N) is 1. The van der Waals surface area contributed by atoms with Gasteiger partial charge < -0.3 is 10.0 Å². The van der Waals surface area contributed by atoms with Gasteiger partial charge in [-0.1, -0.05) is 42.5 Å². The molecule has 0 spiro atoms. The SMILES string of the molecule is Cc1ccccc1C(C)N(C)C(=O)CCc1ccccc1C(=O)O. The van der Waals surface area contributed by atoms with Gasteiger partial charge >= 0.3 is 5.97 Å². The van der Waals surface area contributed by atoms with Gasteiger partial charge in [-0.2, -0.15) is 0 Å². The van der Waals surface area contributed by atoms with Crippen molar-refractivity contribution in [3.63, 3.8) is 0 Å². The quantitative estimate of drug-likeness (QED) is 0.878. The number of carbonyl (C=O) groups is 2. The first-order valence-corrected chi connectivity index (χ1v) is 8.04. The first-order chi connectivity index (χ1) is 11.4. The van der Waals surface area contributed by atoms with Crippen LogP contribution in [0, 0.1) is 6.92 Å². The molecule has 0 saturated carbocycles. The molecule has 4 nitrogen and oxygen atoms in total. The van der Waals surface area contributed by atoms with Crippen LogP contribution in [0.1, 0.15) is 46.4 Å². The molecule has 0 aromatic heterocycles. The van der Waals surface area contributed by atoms with Crippen LogP contribution in [-0.2, 0) is 11.2 Å². The van der Waals surface area contributed by atoms with Crippen LogP contribution < -0.4 is 0 Å². The van der Waals surface area contributed by atoms with E-state index in [-0.39, 0.29) is 23.9 Å². The molecule has 0 bridgehead atoms. The summed E-state index contributed by atoms with van der Waals surface area (Å²) in [7, 11) is 1.79. The molecule has 1 N–H and O–H groups in total. The van der Waals surface area contributed by atoms with E-state index in [0.29, 0.717) is 12.0 Å². The summed E-state index contributed by atoms with van der Waals surface area (Å²) in [6, 6.07) is 14.8. The molecule has 2 aromatic carbocycles. The van der Waals surface area contributed by atoms with Crippen LogP contribution in [0.15, 0.2) is 48.5 Å². The summed E-state index contributed by atoms with van der Waals surface area (Å²) in [6.07, 6.45) is 0.711. The van der Waals surface area contributed by atoms with Crippen LogP contribution in [0.25, 0.3) is 0 Å². The Balaban J connectivity index is 2.05. The van der Waals surface area contributed by atoms with Gasteiger partial charge in [0, 0.05) is 13.5 Å². The number of aryl methyl sites for hydroxylation is 2. The number of aromatic carboxylic acids is 1. The van der Waals surface area contributed by atoms with E-state index in [4.69, 9.17) is 0 Å². The van der Waals surface area contributed by atoms with Crippen LogP contribution in [0.3, 0.4) is 0 Å². The van der Waals surface area contributed by atoms with Crippen molar-refractivity contribution >= 4 is 11.9 Å². The summed E-state index contributed by atoms with van der Waals surface area (Å²) < 4.78 is 0. The fourth-order valence-electron chi connectivity index (χ4n) is 2.85. The topological polar surface area (TPSA) is 57.6 Å². The van der Waals surface area contributed by atoms with Crippen molar-refractivity contribution in [3.8, 4) is 0 Å². The van der Waals surface area contributed by atoms with E-state index in [1.165, 1.54) is 0 Å². The zero-order valence-corrected chi connectivity index (χ0v) is 14.3. The second kappa shape index (κ2) is 7.77. The normalized spacial score (nSPS) is 11.8. The molecular weight excluding hydrogens is 302 g/mol. The van der Waals surface area contributed by atoms with Crippen molar-refractivity contribution in [1.82, 2.24) is 4.90 Å². The molecule has 4 heteroatoms. The summed E-state index contributed by atoms with van der Waals surface area (Å²) in [5.41, 5.74) is 3.23. The number of benzene rings is 2. The van der Waals surface area contributed by atoms with Gasteiger partial charge in [0.05, 0.1) is 11.6 Å². The van der Waals surface area contributed by atoms with Gasteiger partial charge in [0.15, 0.2) is 0 Å². The lowest BCUT2D eigenvalue weighted by Gasteiger charge is -2.26. The lowest BCUT2D eigenvalue weighted by Crippen LogP contribution is -2.30. The van der Waals surface area contributed by atoms with Gasteiger partial charge in [0.2, 0.25) is 5.91 Å². The zero-order valence-electron chi connectivity index (χ0n) is 14.3. The number of hydrogen-bond acceptors (Lipinski definition) is 2. The van der Waals surface area contributed by atoms with Gasteiger partial charge in [-0.05, 0) is 43.0 Å². The molecule has 0 aliphatic heterocycles. The highest BCUT2D eigenvalue weighted by Crippen LogP contribution is 2.23. The molecule has 2 rings (SSSR count). The van der Waals surface area contributed by atoms with E-state index in [2.05, 4.69) is 0 Å². The zero-order chi connectivity index (χ0) is 17.7. The van der Waals surface area contributed by atoms with E-state index in [0.717, 1.165) is 11.1 Å². The Morgan fingerprint density at radius 3 is 2.38 bits per heavy atom. The van der Waals surface area contributed by atoms with Crippen LogP contribution in [0.5, 0.6) is 0 Å². The molecule has 1 atom stereocenters. The Labute approximate surface area is 142 Å². The Bertz CT molecular complexity index is 739. The molecule has 126 valence electrons. The standard InChI is InChI=1S/C20H23NO3/c1-14-8-4-6-10-17(14)15(2)21(3)19(22)13-12-16-9-5-7-11-18(16)20(23)24/h4-11,15H,12-13H2,1-3H3,(H,23,24). The van der Waals surface area contributed by atoms with Gasteiger partial charge in [-0.15, -0.1) is 0 Å². The van der Waals surface area contributed by atoms with E-state index in [1.807, 2.05) is 38.1 Å². The maximum atomic E-state index is 12.5. The Kier molecular flexibility index (Phi) is 5.74. The summed E-state index contributed by atoms with van der Waals surface area (Å²) in [5, 5.41) is 9.21. The lowest BCUT2D eigenvalue weighted by molar-refractivity contribution is -0.131. The third kappa shape index (κ3) is 4.02. The molecule has 0 aliphatic carbocycles. The van der Waals surface area contributed by atoms with Gasteiger partial charge in [-0.3, -0.25) is 4.79 Å². The third-order valence-corrected chi connectivity index (χ3v) is 4.47. The molecule has 0 radical (unpaired) electrons. The predicted molar refractivity (Wildman–Crippen MR) is 94.1 cm³/mol. The number of carboxylic acid groups (broad SMARTS) is 1. The van der Waals surface area contributed by atoms with Crippen molar-refractivity contribution in [1.29, 1.82) is 0 Å². The van der Waals surface area contributed by atoms with E-state index in [9.17, 15) is 14.7 Å². The van der Waals surface area contributed by atoms with Gasteiger partial charge in [-0.25, -0.2) is 4.79 Å². The van der Waals surface area contributed by atoms with Crippen molar-refractivity contribution < 1.29 is 14.7 Å². The van der Waals surface area contributed by atoms with Crippen LogP contribution in [0.2, 0.25) is 0 Å². The summed E-state index contributed by atoms with van der Waals surface area (Å²) in [5.74, 6) is -0.953. The Morgan fingerprint density at radius 2 is 1.71 bits per heavy atom. The maximum absolute atomic E-state index is 12.5. The second-order valence-corrected chi connectivity index (χ2v) is 6.00. The van der Waals surface area contributed by atoms with Crippen LogP contribution in [-0.4, -0.2) is 28.9 Å². The first-order valence-electron chi connectivity index (χ1n) is 8.04. The van der Waals surface area contributed by atoms with Crippen LogP contribution >= 0.6 is 0 Å². The lowest BCUT2D eigenvalue weighted by atomic mass is 10.00. The molecule has 0 saturated heterocycles. The average Bonchev–Trinajstić information content (AvgIpc) is 2.59. The van der Waals surface area contributed by atoms with Crippen molar-refractivity contribution in [2.45, 2.75) is 32.7 Å². The van der Waals surface area contributed by atoms with Crippen molar-refractivity contribution in [3.05, 3.63) is 70.8 Å². The van der Waals surface area contributed by atoms with E-state index >= 15 is 0 Å². The average molecular weight is 325 g/mol. The molecule has 2 aromatic rings. The molecule has 0 fully saturated rings. The molecular formula is C20H23NO3. The van der Waals surface area contributed by atoms with E-state index < -0.39 is 5.97 Å². The molecule has 0 aliphatic rings. The van der Waals surface area contributed by atoms with Crippen LogP contribution in [0.4, 0.5) is 0 Å². The molecule has 0 heterocycles. The number of carbonyl (C=O) groups excluding carboxylic acids is 1. The molecule has 1 amide bonds. The van der Waals surface area contributed by atoms with Gasteiger partial charge in [0.1, 0.15) is 0 Å². The highest BCUT2D eigenvalue weighted by molar-refractivity contribution is 5.89. The Hall–Kier alpha value is -2.62. The molecule has 24 heavy (non-hydrogen) atoms. The fourth-order valence-corrected chi connectivity index (χ4v) is 2.85. The monoisotopic (exact) mass is 325 g/mol. The second-order valence-electron chi connectivity index (χ2n) is 6.00. The largest absolute Gasteiger partial charge is 0.478 e. The summed E-state index contributed by atoms with van der Waals surface area (Å²) in [6.45, 7) is 4.04. The minimum absolute atomic E-state index is 0.00550. The van der Waals surface area contributed by atoms with E-state index in [1.54, 1.807) is 36.2 Å². The number of rotatable bonds is 6. The van der Waals surface area contributed by atoms with Gasteiger partial charge in [0.25, 0.3) is 0 Å². The predicted octanol–water partition coefficient (Wildman–Crippen LogP) is 3.85. The summed E-state index contributed by atoms with van der Waals surface area (Å²) in [4.78, 5) is 25.5. The number of amides is 1. The number of carboxylic acids is 1.